The molecule has 11 heteroatoms. The highest BCUT2D eigenvalue weighted by Crippen LogP contribution is 2.24. The second kappa shape index (κ2) is 15.9. The number of rotatable bonds is 11. The molecule has 0 aliphatic carbocycles. The van der Waals surface area contributed by atoms with E-state index in [0.29, 0.717) is 44.8 Å². The quantitative estimate of drug-likeness (QED) is 0.234. The topological polar surface area (TPSA) is 105 Å². The number of aromatic nitrogens is 1. The molecule has 2 saturated heterocycles. The summed E-state index contributed by atoms with van der Waals surface area (Å²) in [6.45, 7) is 19.6. The van der Waals surface area contributed by atoms with Crippen LogP contribution in [0.2, 0.25) is 0 Å². The zero-order chi connectivity index (χ0) is 33.3. The van der Waals surface area contributed by atoms with Gasteiger partial charge in [-0.3, -0.25) is 19.6 Å². The Bertz CT molecular complexity index is 1320. The molecule has 3 heterocycles. The number of nitrogens with zero attached hydrogens (tertiary/aromatic N) is 5. The number of ether oxygens (including phenoxy) is 3. The van der Waals surface area contributed by atoms with Gasteiger partial charge >= 0.3 is 12.2 Å². The number of fused-ring (bicyclic) bond motifs is 1. The summed E-state index contributed by atoms with van der Waals surface area (Å²) in [6, 6.07) is 7.56. The Morgan fingerprint density at radius 3 is 1.80 bits per heavy atom. The fourth-order valence-electron chi connectivity index (χ4n) is 5.65. The van der Waals surface area contributed by atoms with Gasteiger partial charge in [-0.15, -0.1) is 0 Å². The van der Waals surface area contributed by atoms with E-state index in [0.717, 1.165) is 75.2 Å². The number of piperazine rings is 2. The van der Waals surface area contributed by atoms with Crippen LogP contribution in [0.15, 0.2) is 30.5 Å². The molecule has 1 aromatic heterocycles. The van der Waals surface area contributed by atoms with Crippen LogP contribution in [0.4, 0.5) is 9.59 Å². The van der Waals surface area contributed by atoms with Crippen LogP contribution in [0.1, 0.15) is 77.6 Å². The summed E-state index contributed by atoms with van der Waals surface area (Å²) in [7, 11) is 0. The van der Waals surface area contributed by atoms with Crippen LogP contribution in [0.3, 0.4) is 0 Å². The highest BCUT2D eigenvalue weighted by atomic mass is 16.6. The van der Waals surface area contributed by atoms with Gasteiger partial charge in [-0.05, 0) is 91.6 Å². The molecule has 2 aliphatic rings. The zero-order valence-electron chi connectivity index (χ0n) is 28.7. The number of carbonyl (C=O) groups is 3. The number of hydrogen-bond donors (Lipinski definition) is 0. The molecule has 0 atom stereocenters. The van der Waals surface area contributed by atoms with Crippen LogP contribution in [-0.2, 0) is 9.47 Å². The van der Waals surface area contributed by atoms with Crippen molar-refractivity contribution < 1.29 is 28.6 Å². The Hall–Kier alpha value is -3.44. The monoisotopic (exact) mass is 639 g/mol. The van der Waals surface area contributed by atoms with Gasteiger partial charge in [0.2, 0.25) is 0 Å². The number of ketones is 1. The van der Waals surface area contributed by atoms with Gasteiger partial charge in [0.15, 0.2) is 5.78 Å². The third-order valence-electron chi connectivity index (χ3n) is 8.08. The van der Waals surface area contributed by atoms with Crippen molar-refractivity contribution in [2.24, 2.45) is 0 Å². The third-order valence-corrected chi connectivity index (χ3v) is 8.08. The number of unbranched alkanes of at least 4 members (excludes halogenated alkanes) is 1. The molecule has 4 rings (SSSR count). The first kappa shape index (κ1) is 35.4. The lowest BCUT2D eigenvalue weighted by Gasteiger charge is -2.35. The van der Waals surface area contributed by atoms with Gasteiger partial charge in [0.25, 0.3) is 0 Å². The standard InChI is InChI=1S/C35H53N5O6/c1-34(2,3)45-32(42)39-21-17-37(18-22-39)15-8-7-10-31(41)28-13-14-36-30-12-11-27(26-29(28)30)44-25-9-16-38-19-23-40(24-20-38)33(43)46-35(4,5)6/h11-14,26H,7-10,15-25H2,1-6H3. The van der Waals surface area contributed by atoms with E-state index in [4.69, 9.17) is 14.2 Å². The maximum Gasteiger partial charge on any atom is 0.410 e. The van der Waals surface area contributed by atoms with Crippen molar-refractivity contribution in [1.82, 2.24) is 24.6 Å². The van der Waals surface area contributed by atoms with Crippen molar-refractivity contribution in [3.63, 3.8) is 0 Å². The number of amides is 2. The van der Waals surface area contributed by atoms with E-state index in [1.807, 2.05) is 59.7 Å². The van der Waals surface area contributed by atoms with Gasteiger partial charge in [-0.1, -0.05) is 0 Å². The fourth-order valence-corrected chi connectivity index (χ4v) is 5.65. The Morgan fingerprint density at radius 1 is 0.717 bits per heavy atom. The molecule has 0 bridgehead atoms. The molecule has 0 spiro atoms. The molecule has 0 radical (unpaired) electrons. The highest BCUT2D eigenvalue weighted by Gasteiger charge is 2.27. The van der Waals surface area contributed by atoms with Gasteiger partial charge in [-0.25, -0.2) is 9.59 Å². The molecular formula is C35H53N5O6. The first-order valence-corrected chi connectivity index (χ1v) is 16.7. The summed E-state index contributed by atoms with van der Waals surface area (Å²) in [4.78, 5) is 50.6. The van der Waals surface area contributed by atoms with Crippen molar-refractivity contribution in [3.8, 4) is 5.75 Å². The van der Waals surface area contributed by atoms with Crippen molar-refractivity contribution in [3.05, 3.63) is 36.0 Å². The highest BCUT2D eigenvalue weighted by molar-refractivity contribution is 6.07. The van der Waals surface area contributed by atoms with E-state index in [-0.39, 0.29) is 18.0 Å². The molecule has 11 nitrogen and oxygen atoms in total. The maximum absolute atomic E-state index is 13.2. The Morgan fingerprint density at radius 2 is 1.26 bits per heavy atom. The Balaban J connectivity index is 1.16. The summed E-state index contributed by atoms with van der Waals surface area (Å²) >= 11 is 0. The summed E-state index contributed by atoms with van der Waals surface area (Å²) in [5.41, 5.74) is 0.496. The van der Waals surface area contributed by atoms with Crippen LogP contribution in [-0.4, -0.2) is 126 Å². The first-order chi connectivity index (χ1) is 21.8. The van der Waals surface area contributed by atoms with Gasteiger partial charge in [0.05, 0.1) is 12.1 Å². The SMILES string of the molecule is CC(C)(C)OC(=O)N1CCN(CCCCC(=O)c2ccnc3ccc(OCCCN4CCN(C(=O)OC(C)(C)C)CC4)cc23)CC1. The summed E-state index contributed by atoms with van der Waals surface area (Å²) in [5.74, 6) is 0.847. The average molecular weight is 640 g/mol. The molecular weight excluding hydrogens is 586 g/mol. The van der Waals surface area contributed by atoms with Gasteiger partial charge < -0.3 is 24.0 Å². The third kappa shape index (κ3) is 11.1. The minimum Gasteiger partial charge on any atom is -0.494 e. The van der Waals surface area contributed by atoms with E-state index in [9.17, 15) is 14.4 Å². The lowest BCUT2D eigenvalue weighted by atomic mass is 10.0. The molecule has 0 N–H and O–H groups in total. The second-order valence-electron chi connectivity index (χ2n) is 14.2. The van der Waals surface area contributed by atoms with Gasteiger partial charge in [0.1, 0.15) is 17.0 Å². The molecule has 2 aromatic rings. The van der Waals surface area contributed by atoms with E-state index < -0.39 is 11.2 Å². The minimum atomic E-state index is -0.486. The molecule has 0 unspecified atom stereocenters. The number of benzene rings is 1. The lowest BCUT2D eigenvalue weighted by molar-refractivity contribution is 0.0134. The number of hydrogen-bond acceptors (Lipinski definition) is 9. The molecule has 2 aliphatic heterocycles. The predicted octanol–water partition coefficient (Wildman–Crippen LogP) is 5.46. The van der Waals surface area contributed by atoms with Crippen LogP contribution in [0.5, 0.6) is 5.75 Å². The van der Waals surface area contributed by atoms with Crippen molar-refractivity contribution in [1.29, 1.82) is 0 Å². The summed E-state index contributed by atoms with van der Waals surface area (Å²) in [6.07, 6.45) is 4.27. The normalized spacial score (nSPS) is 16.8. The summed E-state index contributed by atoms with van der Waals surface area (Å²) in [5, 5.41) is 0.821. The largest absolute Gasteiger partial charge is 0.494 e. The number of Topliss-reactive ketones (excluding diaryl/α,β-unsaturated/α-hetero) is 1. The Kier molecular flexibility index (Phi) is 12.2. The molecule has 254 valence electrons. The fraction of sp³-hybridized carbons (Fsp3) is 0.657. The summed E-state index contributed by atoms with van der Waals surface area (Å²) < 4.78 is 17.1. The van der Waals surface area contributed by atoms with Gasteiger partial charge in [-0.2, -0.15) is 0 Å². The van der Waals surface area contributed by atoms with Crippen molar-refractivity contribution >= 4 is 28.9 Å². The molecule has 2 amide bonds. The molecule has 1 aromatic carbocycles. The average Bonchev–Trinajstić information content (AvgIpc) is 3.00. The predicted molar refractivity (Wildman–Crippen MR) is 179 cm³/mol. The smallest absolute Gasteiger partial charge is 0.410 e. The molecule has 2 fully saturated rings. The first-order valence-electron chi connectivity index (χ1n) is 16.7. The molecule has 46 heavy (non-hydrogen) atoms. The van der Waals surface area contributed by atoms with Crippen molar-refractivity contribution in [2.75, 3.05) is 72.1 Å². The Labute approximate surface area is 274 Å². The minimum absolute atomic E-state index is 0.116. The van der Waals surface area contributed by atoms with E-state index in [1.165, 1.54) is 0 Å². The van der Waals surface area contributed by atoms with E-state index in [1.54, 1.807) is 22.1 Å². The van der Waals surface area contributed by atoms with Crippen LogP contribution < -0.4 is 4.74 Å². The van der Waals surface area contributed by atoms with E-state index >= 15 is 0 Å². The second-order valence-corrected chi connectivity index (χ2v) is 14.2. The van der Waals surface area contributed by atoms with Crippen LogP contribution >= 0.6 is 0 Å². The van der Waals surface area contributed by atoms with Crippen LogP contribution in [0, 0.1) is 0 Å². The van der Waals surface area contributed by atoms with Crippen molar-refractivity contribution in [2.45, 2.75) is 78.4 Å². The van der Waals surface area contributed by atoms with Gasteiger partial charge in [0, 0.05) is 82.5 Å². The maximum atomic E-state index is 13.2. The molecule has 0 saturated carbocycles. The number of pyridine rings is 1. The number of carbonyl (C=O) groups excluding carboxylic acids is 3. The zero-order valence-corrected chi connectivity index (χ0v) is 28.7. The lowest BCUT2D eigenvalue weighted by Crippen LogP contribution is -2.50. The van der Waals surface area contributed by atoms with Crippen LogP contribution in [0.25, 0.3) is 10.9 Å². The van der Waals surface area contributed by atoms with E-state index in [2.05, 4.69) is 14.8 Å².